The largest absolute Gasteiger partial charge is 0.364 e. The van der Waals surface area contributed by atoms with Crippen molar-refractivity contribution in [1.82, 2.24) is 0 Å². The molecule has 1 atom stereocenters. The van der Waals surface area contributed by atoms with Gasteiger partial charge < -0.3 is 10.6 Å². The lowest BCUT2D eigenvalue weighted by Gasteiger charge is -2.42. The van der Waals surface area contributed by atoms with Crippen LogP contribution in [0.1, 0.15) is 38.7 Å². The molecular formula is C15H23FN2. The molecule has 0 spiro atoms. The van der Waals surface area contributed by atoms with Crippen molar-refractivity contribution in [3.05, 3.63) is 29.6 Å². The van der Waals surface area contributed by atoms with E-state index in [1.165, 1.54) is 5.56 Å². The smallest absolute Gasteiger partial charge is 0.125 e. The molecule has 1 heterocycles. The second-order valence-electron chi connectivity index (χ2n) is 5.21. The van der Waals surface area contributed by atoms with Crippen LogP contribution in [0.5, 0.6) is 0 Å². The van der Waals surface area contributed by atoms with Crippen molar-refractivity contribution in [2.45, 2.75) is 45.1 Å². The Morgan fingerprint density at radius 3 is 2.78 bits per heavy atom. The van der Waals surface area contributed by atoms with Crippen molar-refractivity contribution in [3.63, 3.8) is 0 Å². The molecule has 0 aliphatic carbocycles. The van der Waals surface area contributed by atoms with E-state index >= 15 is 0 Å². The van der Waals surface area contributed by atoms with Crippen LogP contribution in [0.4, 0.5) is 10.1 Å². The Morgan fingerprint density at radius 2 is 2.17 bits per heavy atom. The van der Waals surface area contributed by atoms with Crippen LogP contribution in [0.3, 0.4) is 0 Å². The van der Waals surface area contributed by atoms with Crippen LogP contribution < -0.4 is 10.6 Å². The van der Waals surface area contributed by atoms with E-state index in [2.05, 4.69) is 18.7 Å². The third kappa shape index (κ3) is 2.12. The van der Waals surface area contributed by atoms with Crippen LogP contribution in [0.25, 0.3) is 0 Å². The lowest BCUT2D eigenvalue weighted by molar-refractivity contribution is 0.356. The van der Waals surface area contributed by atoms with Crippen molar-refractivity contribution < 1.29 is 4.39 Å². The van der Waals surface area contributed by atoms with Gasteiger partial charge in [-0.15, -0.1) is 0 Å². The number of rotatable bonds is 5. The highest BCUT2D eigenvalue weighted by atomic mass is 19.1. The number of nitrogens with two attached hydrogens (primary N) is 1. The van der Waals surface area contributed by atoms with Crippen LogP contribution in [-0.4, -0.2) is 18.6 Å². The topological polar surface area (TPSA) is 29.3 Å². The summed E-state index contributed by atoms with van der Waals surface area (Å²) < 4.78 is 13.5. The molecule has 0 amide bonds. The first kappa shape index (κ1) is 13.3. The van der Waals surface area contributed by atoms with Gasteiger partial charge in [-0.05, 0) is 37.0 Å². The molecule has 1 aromatic carbocycles. The Hall–Kier alpha value is -1.09. The molecule has 100 valence electrons. The maximum absolute atomic E-state index is 13.5. The zero-order valence-corrected chi connectivity index (χ0v) is 11.4. The molecule has 18 heavy (non-hydrogen) atoms. The van der Waals surface area contributed by atoms with Crippen LogP contribution in [-0.2, 0) is 6.42 Å². The predicted molar refractivity (Wildman–Crippen MR) is 74.4 cm³/mol. The molecule has 0 radical (unpaired) electrons. The summed E-state index contributed by atoms with van der Waals surface area (Å²) in [6.45, 7) is 5.96. The fourth-order valence-corrected chi connectivity index (χ4v) is 3.17. The van der Waals surface area contributed by atoms with Gasteiger partial charge in [0, 0.05) is 18.8 Å². The minimum atomic E-state index is -0.154. The summed E-state index contributed by atoms with van der Waals surface area (Å²) in [4.78, 5) is 2.34. The van der Waals surface area contributed by atoms with E-state index < -0.39 is 0 Å². The molecule has 2 nitrogen and oxygen atoms in total. The summed E-state index contributed by atoms with van der Waals surface area (Å²) in [5.41, 5.74) is 8.34. The van der Waals surface area contributed by atoms with E-state index in [1.807, 2.05) is 6.07 Å². The third-order valence-electron chi connectivity index (χ3n) is 4.27. The summed E-state index contributed by atoms with van der Waals surface area (Å²) in [6, 6.07) is 5.13. The average Bonchev–Trinajstić information content (AvgIpc) is 2.79. The zero-order valence-electron chi connectivity index (χ0n) is 11.4. The standard InChI is InChI=1S/C15H23FN2/c1-3-8-15(4-2,11-17)18-9-7-12-5-6-13(16)10-14(12)18/h5-6,10H,3-4,7-9,11,17H2,1-2H3. The highest BCUT2D eigenvalue weighted by molar-refractivity contribution is 5.60. The Balaban J connectivity index is 2.38. The second kappa shape index (κ2) is 5.27. The number of benzene rings is 1. The zero-order chi connectivity index (χ0) is 13.2. The van der Waals surface area contributed by atoms with E-state index in [1.54, 1.807) is 12.1 Å². The van der Waals surface area contributed by atoms with E-state index in [0.717, 1.165) is 37.9 Å². The minimum absolute atomic E-state index is 0.00616. The molecule has 0 aromatic heterocycles. The Labute approximate surface area is 109 Å². The fourth-order valence-electron chi connectivity index (χ4n) is 3.17. The summed E-state index contributed by atoms with van der Waals surface area (Å²) >= 11 is 0. The van der Waals surface area contributed by atoms with Gasteiger partial charge in [0.25, 0.3) is 0 Å². The number of fused-ring (bicyclic) bond motifs is 1. The molecule has 3 heteroatoms. The van der Waals surface area contributed by atoms with Crippen LogP contribution in [0.2, 0.25) is 0 Å². The van der Waals surface area contributed by atoms with Crippen LogP contribution in [0, 0.1) is 5.82 Å². The normalized spacial score (nSPS) is 17.7. The van der Waals surface area contributed by atoms with Crippen molar-refractivity contribution in [2.75, 3.05) is 18.0 Å². The van der Waals surface area contributed by atoms with Gasteiger partial charge in [-0.1, -0.05) is 26.3 Å². The maximum atomic E-state index is 13.5. The van der Waals surface area contributed by atoms with Gasteiger partial charge in [-0.25, -0.2) is 4.39 Å². The number of nitrogens with zero attached hydrogens (tertiary/aromatic N) is 1. The van der Waals surface area contributed by atoms with Crippen molar-refractivity contribution >= 4 is 5.69 Å². The molecule has 0 fully saturated rings. The van der Waals surface area contributed by atoms with Gasteiger partial charge >= 0.3 is 0 Å². The summed E-state index contributed by atoms with van der Waals surface area (Å²) in [6.07, 6.45) is 4.18. The number of anilines is 1. The fraction of sp³-hybridized carbons (Fsp3) is 0.600. The lowest BCUT2D eigenvalue weighted by Crippen LogP contribution is -2.53. The molecule has 0 saturated heterocycles. The molecule has 0 saturated carbocycles. The highest BCUT2D eigenvalue weighted by Crippen LogP contribution is 2.37. The molecule has 2 rings (SSSR count). The molecular weight excluding hydrogens is 227 g/mol. The van der Waals surface area contributed by atoms with E-state index in [0.29, 0.717) is 6.54 Å². The summed E-state index contributed by atoms with van der Waals surface area (Å²) in [7, 11) is 0. The van der Waals surface area contributed by atoms with Crippen LogP contribution >= 0.6 is 0 Å². The first-order valence-corrected chi connectivity index (χ1v) is 6.93. The van der Waals surface area contributed by atoms with E-state index in [-0.39, 0.29) is 11.4 Å². The molecule has 1 aromatic rings. The summed E-state index contributed by atoms with van der Waals surface area (Å²) in [5.74, 6) is -0.154. The quantitative estimate of drug-likeness (QED) is 0.870. The SMILES string of the molecule is CCCC(CC)(CN)N1CCc2ccc(F)cc21. The van der Waals surface area contributed by atoms with Gasteiger partial charge in [0.15, 0.2) is 0 Å². The van der Waals surface area contributed by atoms with Gasteiger partial charge in [0.2, 0.25) is 0 Å². The number of hydrogen-bond acceptors (Lipinski definition) is 2. The first-order valence-electron chi connectivity index (χ1n) is 6.93. The predicted octanol–water partition coefficient (Wildman–Crippen LogP) is 3.10. The summed E-state index contributed by atoms with van der Waals surface area (Å²) in [5, 5.41) is 0. The van der Waals surface area contributed by atoms with Crippen molar-refractivity contribution in [3.8, 4) is 0 Å². The molecule has 1 aliphatic rings. The average molecular weight is 250 g/mol. The van der Waals surface area contributed by atoms with Gasteiger partial charge in [-0.2, -0.15) is 0 Å². The maximum Gasteiger partial charge on any atom is 0.125 e. The minimum Gasteiger partial charge on any atom is -0.364 e. The number of halogens is 1. The molecule has 2 N–H and O–H groups in total. The van der Waals surface area contributed by atoms with Crippen molar-refractivity contribution in [2.24, 2.45) is 5.73 Å². The second-order valence-corrected chi connectivity index (χ2v) is 5.21. The lowest BCUT2D eigenvalue weighted by atomic mass is 9.88. The Morgan fingerprint density at radius 1 is 1.39 bits per heavy atom. The molecule has 1 unspecified atom stereocenters. The first-order chi connectivity index (χ1) is 8.66. The Bertz CT molecular complexity index is 413. The van der Waals surface area contributed by atoms with Crippen LogP contribution in [0.15, 0.2) is 18.2 Å². The van der Waals surface area contributed by atoms with E-state index in [9.17, 15) is 4.39 Å². The number of hydrogen-bond donors (Lipinski definition) is 1. The monoisotopic (exact) mass is 250 g/mol. The van der Waals surface area contributed by atoms with Crippen molar-refractivity contribution in [1.29, 1.82) is 0 Å². The highest BCUT2D eigenvalue weighted by Gasteiger charge is 2.36. The van der Waals surface area contributed by atoms with Gasteiger partial charge in [0.1, 0.15) is 5.82 Å². The van der Waals surface area contributed by atoms with Gasteiger partial charge in [-0.3, -0.25) is 0 Å². The molecule has 0 bridgehead atoms. The molecule has 1 aliphatic heterocycles. The Kier molecular flexibility index (Phi) is 3.91. The van der Waals surface area contributed by atoms with Gasteiger partial charge in [0.05, 0.1) is 5.54 Å². The third-order valence-corrected chi connectivity index (χ3v) is 4.27. The van der Waals surface area contributed by atoms with E-state index in [4.69, 9.17) is 5.73 Å².